The Bertz CT molecular complexity index is 325. The molecule has 0 amide bonds. The molecule has 1 aliphatic carbocycles. The number of hydrogen-bond donors (Lipinski definition) is 2. The number of aromatic amines is 1. The molecule has 0 unspecified atom stereocenters. The highest BCUT2D eigenvalue weighted by molar-refractivity contribution is 5.29. The molecule has 0 bridgehead atoms. The van der Waals surface area contributed by atoms with Crippen molar-refractivity contribution in [3.8, 4) is 0 Å². The first-order valence-corrected chi connectivity index (χ1v) is 5.37. The van der Waals surface area contributed by atoms with Crippen LogP contribution in [0.3, 0.4) is 0 Å². The van der Waals surface area contributed by atoms with Crippen molar-refractivity contribution in [1.29, 1.82) is 0 Å². The summed E-state index contributed by atoms with van der Waals surface area (Å²) < 4.78 is 0. The fourth-order valence-electron chi connectivity index (χ4n) is 2.23. The largest absolute Gasteiger partial charge is 0.330 e. The molecule has 2 rings (SSSR count). The molecule has 1 aliphatic rings. The summed E-state index contributed by atoms with van der Waals surface area (Å²) in [5, 5.41) is 7.49. The van der Waals surface area contributed by atoms with Crippen LogP contribution in [0.1, 0.15) is 37.2 Å². The summed E-state index contributed by atoms with van der Waals surface area (Å²) in [6, 6.07) is 0. The van der Waals surface area contributed by atoms with Crippen LogP contribution in [-0.4, -0.2) is 16.7 Å². The maximum absolute atomic E-state index is 5.57. The first-order chi connectivity index (χ1) is 6.62. The average molecular weight is 193 g/mol. The Kier molecular flexibility index (Phi) is 2.35. The average Bonchev–Trinajstić information content (AvgIpc) is 2.47. The quantitative estimate of drug-likeness (QED) is 0.746. The molecule has 0 spiro atoms. The monoisotopic (exact) mass is 193 g/mol. The first kappa shape index (κ1) is 9.71. The Morgan fingerprint density at radius 3 is 3.00 bits per heavy atom. The second-order valence-corrected chi connectivity index (χ2v) is 5.01. The van der Waals surface area contributed by atoms with Gasteiger partial charge >= 0.3 is 0 Å². The molecular formula is C11H19N3. The highest BCUT2D eigenvalue weighted by atomic mass is 15.1. The molecule has 0 saturated carbocycles. The highest BCUT2D eigenvalue weighted by Crippen LogP contribution is 2.35. The number of aryl methyl sites for hydroxylation is 1. The van der Waals surface area contributed by atoms with Crippen molar-refractivity contribution >= 4 is 0 Å². The van der Waals surface area contributed by atoms with Crippen LogP contribution in [0.4, 0.5) is 0 Å². The summed E-state index contributed by atoms with van der Waals surface area (Å²) in [6.45, 7) is 5.35. The van der Waals surface area contributed by atoms with E-state index < -0.39 is 0 Å². The lowest BCUT2D eigenvalue weighted by molar-refractivity contribution is 0.313. The van der Waals surface area contributed by atoms with Crippen molar-refractivity contribution in [2.45, 2.75) is 39.5 Å². The SMILES string of the molecule is CC1(C)CCc2[nH]nc(CCN)c2C1. The number of nitrogens with two attached hydrogens (primary N) is 1. The van der Waals surface area contributed by atoms with Gasteiger partial charge in [0.15, 0.2) is 0 Å². The highest BCUT2D eigenvalue weighted by Gasteiger charge is 2.28. The third kappa shape index (κ3) is 1.69. The Morgan fingerprint density at radius 2 is 2.29 bits per heavy atom. The smallest absolute Gasteiger partial charge is 0.0669 e. The standard InChI is InChI=1S/C11H19N3/c1-11(2)5-3-9-8(7-11)10(4-6-12)14-13-9/h3-7,12H2,1-2H3,(H,13,14). The predicted molar refractivity (Wildman–Crippen MR) is 57.2 cm³/mol. The zero-order valence-electron chi connectivity index (χ0n) is 9.06. The van der Waals surface area contributed by atoms with Crippen LogP contribution >= 0.6 is 0 Å². The van der Waals surface area contributed by atoms with E-state index in [1.807, 2.05) is 0 Å². The molecule has 3 N–H and O–H groups in total. The minimum atomic E-state index is 0.431. The molecule has 0 aliphatic heterocycles. The van der Waals surface area contributed by atoms with Gasteiger partial charge < -0.3 is 5.73 Å². The van der Waals surface area contributed by atoms with Crippen molar-refractivity contribution < 1.29 is 0 Å². The Labute approximate surface area is 85.1 Å². The van der Waals surface area contributed by atoms with Crippen LogP contribution in [0.25, 0.3) is 0 Å². The summed E-state index contributed by atoms with van der Waals surface area (Å²) >= 11 is 0. The lowest BCUT2D eigenvalue weighted by Crippen LogP contribution is -2.22. The number of nitrogens with zero attached hydrogens (tertiary/aromatic N) is 1. The fourth-order valence-corrected chi connectivity index (χ4v) is 2.23. The Balaban J connectivity index is 2.28. The summed E-state index contributed by atoms with van der Waals surface area (Å²) in [4.78, 5) is 0. The summed E-state index contributed by atoms with van der Waals surface area (Å²) in [5.74, 6) is 0. The van der Waals surface area contributed by atoms with Gasteiger partial charge in [-0.25, -0.2) is 0 Å². The topological polar surface area (TPSA) is 54.7 Å². The van der Waals surface area contributed by atoms with Gasteiger partial charge in [-0.2, -0.15) is 5.10 Å². The van der Waals surface area contributed by atoms with E-state index in [0.717, 1.165) is 19.3 Å². The minimum absolute atomic E-state index is 0.431. The van der Waals surface area contributed by atoms with Crippen molar-refractivity contribution in [3.63, 3.8) is 0 Å². The van der Waals surface area contributed by atoms with Gasteiger partial charge in [0, 0.05) is 12.1 Å². The molecule has 1 heterocycles. The first-order valence-electron chi connectivity index (χ1n) is 5.37. The molecule has 1 aromatic heterocycles. The molecule has 0 saturated heterocycles. The van der Waals surface area contributed by atoms with Gasteiger partial charge in [0.1, 0.15) is 0 Å². The third-order valence-corrected chi connectivity index (χ3v) is 3.13. The van der Waals surface area contributed by atoms with Gasteiger partial charge in [-0.1, -0.05) is 13.8 Å². The normalized spacial score (nSPS) is 19.4. The predicted octanol–water partition coefficient (Wildman–Crippen LogP) is 1.43. The van der Waals surface area contributed by atoms with E-state index in [1.54, 1.807) is 0 Å². The van der Waals surface area contributed by atoms with E-state index in [9.17, 15) is 0 Å². The fraction of sp³-hybridized carbons (Fsp3) is 0.727. The van der Waals surface area contributed by atoms with Crippen LogP contribution < -0.4 is 5.73 Å². The number of rotatable bonds is 2. The second-order valence-electron chi connectivity index (χ2n) is 5.01. The van der Waals surface area contributed by atoms with Crippen LogP contribution in [0, 0.1) is 5.41 Å². The van der Waals surface area contributed by atoms with Crippen molar-refractivity contribution in [2.24, 2.45) is 11.1 Å². The summed E-state index contributed by atoms with van der Waals surface area (Å²) in [5.41, 5.74) is 9.96. The maximum Gasteiger partial charge on any atom is 0.0669 e. The van der Waals surface area contributed by atoms with E-state index in [2.05, 4.69) is 24.0 Å². The van der Waals surface area contributed by atoms with Gasteiger partial charge in [-0.3, -0.25) is 5.10 Å². The molecule has 1 aromatic rings. The maximum atomic E-state index is 5.57. The molecule has 0 radical (unpaired) electrons. The van der Waals surface area contributed by atoms with E-state index in [1.165, 1.54) is 23.4 Å². The molecule has 3 heteroatoms. The van der Waals surface area contributed by atoms with Crippen molar-refractivity contribution in [2.75, 3.05) is 6.54 Å². The summed E-state index contributed by atoms with van der Waals surface area (Å²) in [7, 11) is 0. The number of nitrogens with one attached hydrogen (secondary N) is 1. The van der Waals surface area contributed by atoms with Crippen molar-refractivity contribution in [1.82, 2.24) is 10.2 Å². The van der Waals surface area contributed by atoms with Gasteiger partial charge in [0.2, 0.25) is 0 Å². The number of aromatic nitrogens is 2. The molecule has 0 aromatic carbocycles. The van der Waals surface area contributed by atoms with Crippen LogP contribution in [0.2, 0.25) is 0 Å². The van der Waals surface area contributed by atoms with E-state index in [0.29, 0.717) is 12.0 Å². The van der Waals surface area contributed by atoms with Gasteiger partial charge in [-0.05, 0) is 36.8 Å². The van der Waals surface area contributed by atoms with Crippen LogP contribution in [0.5, 0.6) is 0 Å². The van der Waals surface area contributed by atoms with E-state index in [4.69, 9.17) is 5.73 Å². The van der Waals surface area contributed by atoms with Gasteiger partial charge in [-0.15, -0.1) is 0 Å². The Morgan fingerprint density at radius 1 is 1.50 bits per heavy atom. The third-order valence-electron chi connectivity index (χ3n) is 3.13. The molecular weight excluding hydrogens is 174 g/mol. The van der Waals surface area contributed by atoms with Crippen LogP contribution in [0.15, 0.2) is 0 Å². The molecule has 78 valence electrons. The number of fused-ring (bicyclic) bond motifs is 1. The van der Waals surface area contributed by atoms with E-state index in [-0.39, 0.29) is 0 Å². The lowest BCUT2D eigenvalue weighted by atomic mass is 9.76. The molecule has 0 atom stereocenters. The minimum Gasteiger partial charge on any atom is -0.330 e. The number of hydrogen-bond acceptors (Lipinski definition) is 2. The summed E-state index contributed by atoms with van der Waals surface area (Å²) in [6.07, 6.45) is 4.44. The van der Waals surface area contributed by atoms with Crippen molar-refractivity contribution in [3.05, 3.63) is 17.0 Å². The van der Waals surface area contributed by atoms with Crippen LogP contribution in [-0.2, 0) is 19.3 Å². The lowest BCUT2D eigenvalue weighted by Gasteiger charge is -2.29. The van der Waals surface area contributed by atoms with E-state index >= 15 is 0 Å². The second kappa shape index (κ2) is 3.39. The molecule has 14 heavy (non-hydrogen) atoms. The van der Waals surface area contributed by atoms with Gasteiger partial charge in [0.05, 0.1) is 5.69 Å². The Hall–Kier alpha value is -0.830. The molecule has 0 fully saturated rings. The van der Waals surface area contributed by atoms with Gasteiger partial charge in [0.25, 0.3) is 0 Å². The number of H-pyrrole nitrogens is 1. The molecule has 3 nitrogen and oxygen atoms in total. The zero-order valence-corrected chi connectivity index (χ0v) is 9.06. The zero-order chi connectivity index (χ0) is 10.2.